The van der Waals surface area contributed by atoms with Crippen molar-refractivity contribution < 1.29 is 19.0 Å². The van der Waals surface area contributed by atoms with E-state index in [2.05, 4.69) is 0 Å². The van der Waals surface area contributed by atoms with Crippen LogP contribution >= 0.6 is 11.6 Å². The molecule has 0 amide bonds. The molecule has 0 saturated carbocycles. The summed E-state index contributed by atoms with van der Waals surface area (Å²) in [5.41, 5.74) is 1.29. The summed E-state index contributed by atoms with van der Waals surface area (Å²) in [5, 5.41) is 10.3. The molecule has 1 N–H and O–H groups in total. The van der Waals surface area contributed by atoms with Crippen molar-refractivity contribution in [3.8, 4) is 5.75 Å². The normalized spacial score (nSPS) is 20.2. The minimum absolute atomic E-state index is 0.0472. The summed E-state index contributed by atoms with van der Waals surface area (Å²) in [6.45, 7) is 1.51. The third-order valence-electron chi connectivity index (χ3n) is 4.41. The van der Waals surface area contributed by atoms with Gasteiger partial charge < -0.3 is 14.6 Å². The van der Waals surface area contributed by atoms with Crippen molar-refractivity contribution in [1.29, 1.82) is 0 Å². The highest BCUT2D eigenvalue weighted by atomic mass is 35.5. The quantitative estimate of drug-likeness (QED) is 0.853. The van der Waals surface area contributed by atoms with E-state index in [4.69, 9.17) is 21.1 Å². The molecule has 134 valence electrons. The Morgan fingerprint density at radius 2 is 2.04 bits per heavy atom. The Bertz CT molecular complexity index is 707. The van der Waals surface area contributed by atoms with Crippen molar-refractivity contribution in [3.63, 3.8) is 0 Å². The maximum Gasteiger partial charge on any atom is 0.131 e. The highest BCUT2D eigenvalue weighted by molar-refractivity contribution is 6.31. The molecule has 1 aliphatic heterocycles. The van der Waals surface area contributed by atoms with E-state index in [1.165, 1.54) is 6.07 Å². The molecule has 0 aliphatic carbocycles. The molecule has 3 rings (SSSR count). The lowest BCUT2D eigenvalue weighted by Crippen LogP contribution is -2.39. The van der Waals surface area contributed by atoms with Crippen LogP contribution in [0.4, 0.5) is 4.39 Å². The molecule has 1 fully saturated rings. The molecule has 25 heavy (non-hydrogen) atoms. The van der Waals surface area contributed by atoms with Crippen LogP contribution in [0.5, 0.6) is 5.75 Å². The van der Waals surface area contributed by atoms with E-state index in [1.54, 1.807) is 12.1 Å². The predicted octanol–water partition coefficient (Wildman–Crippen LogP) is 3.25. The summed E-state index contributed by atoms with van der Waals surface area (Å²) < 4.78 is 25.0. The minimum atomic E-state index is -0.490. The molecule has 4 nitrogen and oxygen atoms in total. The van der Waals surface area contributed by atoms with Gasteiger partial charge in [0, 0.05) is 17.7 Å². The summed E-state index contributed by atoms with van der Waals surface area (Å²) in [6.07, 6.45) is -0.490. The lowest BCUT2D eigenvalue weighted by atomic mass is 10.1. The SMILES string of the molecule is CN(Cc1ccccc1OCc1c(F)cccc1Cl)[C@@H]1COC[C@H]1O. The zero-order valence-electron chi connectivity index (χ0n) is 14.0. The molecule has 2 aromatic carbocycles. The molecule has 0 spiro atoms. The zero-order valence-corrected chi connectivity index (χ0v) is 14.7. The van der Waals surface area contributed by atoms with Gasteiger partial charge in [-0.2, -0.15) is 0 Å². The number of nitrogens with zero attached hydrogens (tertiary/aromatic N) is 1. The van der Waals surface area contributed by atoms with Crippen LogP contribution in [0, 0.1) is 5.82 Å². The van der Waals surface area contributed by atoms with Crippen LogP contribution < -0.4 is 4.74 Å². The van der Waals surface area contributed by atoms with Crippen LogP contribution in [0.15, 0.2) is 42.5 Å². The average molecular weight is 366 g/mol. The van der Waals surface area contributed by atoms with Crippen molar-refractivity contribution in [2.24, 2.45) is 0 Å². The molecule has 6 heteroatoms. The molecule has 1 saturated heterocycles. The Hall–Kier alpha value is -1.66. The molecule has 1 aliphatic rings. The molecule has 2 atom stereocenters. The number of para-hydroxylation sites is 1. The molecule has 2 aromatic rings. The average Bonchev–Trinajstić information content (AvgIpc) is 3.02. The van der Waals surface area contributed by atoms with Crippen molar-refractivity contribution in [3.05, 3.63) is 64.4 Å². The third-order valence-corrected chi connectivity index (χ3v) is 4.77. The molecule has 0 radical (unpaired) electrons. The number of hydrogen-bond donors (Lipinski definition) is 1. The van der Waals surface area contributed by atoms with Gasteiger partial charge in [0.1, 0.15) is 18.2 Å². The van der Waals surface area contributed by atoms with Crippen molar-refractivity contribution in [2.45, 2.75) is 25.3 Å². The Kier molecular flexibility index (Phi) is 5.91. The first kappa shape index (κ1) is 18.1. The Labute approximate surface area is 151 Å². The van der Waals surface area contributed by atoms with Crippen LogP contribution in [0.3, 0.4) is 0 Å². The number of aliphatic hydroxyl groups excluding tert-OH is 1. The first-order valence-corrected chi connectivity index (χ1v) is 8.53. The fraction of sp³-hybridized carbons (Fsp3) is 0.368. The first-order chi connectivity index (χ1) is 12.1. The standard InChI is InChI=1S/C19H21ClFNO3/c1-22(17-11-24-12-18(17)23)9-13-5-2-3-8-19(13)25-10-14-15(20)6-4-7-16(14)21/h2-8,17-18,23H,9-12H2,1H3/t17-,18-/m1/s1. The summed E-state index contributed by atoms with van der Waals surface area (Å²) in [4.78, 5) is 2.04. The van der Waals surface area contributed by atoms with E-state index in [0.29, 0.717) is 36.1 Å². The maximum absolute atomic E-state index is 13.9. The predicted molar refractivity (Wildman–Crippen MR) is 94.3 cm³/mol. The van der Waals surface area contributed by atoms with Gasteiger partial charge in [-0.25, -0.2) is 4.39 Å². The highest BCUT2D eigenvalue weighted by Crippen LogP contribution is 2.25. The van der Waals surface area contributed by atoms with Gasteiger partial charge in [0.25, 0.3) is 0 Å². The lowest BCUT2D eigenvalue weighted by molar-refractivity contribution is 0.0919. The van der Waals surface area contributed by atoms with Gasteiger partial charge in [-0.3, -0.25) is 4.90 Å². The number of rotatable bonds is 6. The van der Waals surface area contributed by atoms with Crippen molar-refractivity contribution in [2.75, 3.05) is 20.3 Å². The molecular weight excluding hydrogens is 345 g/mol. The van der Waals surface area contributed by atoms with E-state index >= 15 is 0 Å². The Balaban J connectivity index is 1.70. The highest BCUT2D eigenvalue weighted by Gasteiger charge is 2.29. The van der Waals surface area contributed by atoms with Gasteiger partial charge in [-0.05, 0) is 25.2 Å². The number of ether oxygens (including phenoxy) is 2. The summed E-state index contributed by atoms with van der Waals surface area (Å²) in [5.74, 6) is 0.287. The van der Waals surface area contributed by atoms with Gasteiger partial charge in [0.2, 0.25) is 0 Å². The number of likely N-dealkylation sites (N-methyl/N-ethyl adjacent to an activating group) is 1. The first-order valence-electron chi connectivity index (χ1n) is 8.16. The van der Waals surface area contributed by atoms with E-state index in [0.717, 1.165) is 5.56 Å². The monoisotopic (exact) mass is 365 g/mol. The second-order valence-corrected chi connectivity index (χ2v) is 6.59. The van der Waals surface area contributed by atoms with Crippen molar-refractivity contribution >= 4 is 11.6 Å². The molecule has 0 unspecified atom stereocenters. The van der Waals surface area contributed by atoms with Gasteiger partial charge in [0.15, 0.2) is 0 Å². The van der Waals surface area contributed by atoms with Gasteiger partial charge in [-0.15, -0.1) is 0 Å². The molecular formula is C19H21ClFNO3. The largest absolute Gasteiger partial charge is 0.488 e. The van der Waals surface area contributed by atoms with Gasteiger partial charge >= 0.3 is 0 Å². The second-order valence-electron chi connectivity index (χ2n) is 6.18. The Morgan fingerprint density at radius 1 is 1.24 bits per heavy atom. The number of halogens is 2. The maximum atomic E-state index is 13.9. The number of benzene rings is 2. The van der Waals surface area contributed by atoms with Crippen LogP contribution in [0.25, 0.3) is 0 Å². The third kappa shape index (κ3) is 4.30. The van der Waals surface area contributed by atoms with Crippen LogP contribution in [-0.2, 0) is 17.9 Å². The zero-order chi connectivity index (χ0) is 17.8. The van der Waals surface area contributed by atoms with Crippen LogP contribution in [-0.4, -0.2) is 42.4 Å². The molecule has 0 bridgehead atoms. The number of aliphatic hydroxyl groups is 1. The van der Waals surface area contributed by atoms with Crippen LogP contribution in [0.2, 0.25) is 5.02 Å². The topological polar surface area (TPSA) is 41.9 Å². The molecule has 1 heterocycles. The van der Waals surface area contributed by atoms with E-state index in [-0.39, 0.29) is 18.5 Å². The Morgan fingerprint density at radius 3 is 2.76 bits per heavy atom. The van der Waals surface area contributed by atoms with Crippen molar-refractivity contribution in [1.82, 2.24) is 4.90 Å². The summed E-state index contributed by atoms with van der Waals surface area (Å²) in [7, 11) is 1.94. The van der Waals surface area contributed by atoms with E-state index < -0.39 is 6.10 Å². The van der Waals surface area contributed by atoms with E-state index in [9.17, 15) is 9.50 Å². The fourth-order valence-electron chi connectivity index (χ4n) is 2.93. The minimum Gasteiger partial charge on any atom is -0.488 e. The summed E-state index contributed by atoms with van der Waals surface area (Å²) in [6, 6.07) is 12.1. The van der Waals surface area contributed by atoms with E-state index in [1.807, 2.05) is 36.2 Å². The number of hydrogen-bond acceptors (Lipinski definition) is 4. The second kappa shape index (κ2) is 8.15. The molecule has 0 aromatic heterocycles. The summed E-state index contributed by atoms with van der Waals surface area (Å²) >= 11 is 6.05. The lowest BCUT2D eigenvalue weighted by Gasteiger charge is -2.26. The fourth-order valence-corrected chi connectivity index (χ4v) is 3.15. The van der Waals surface area contributed by atoms with Gasteiger partial charge in [-0.1, -0.05) is 35.9 Å². The smallest absolute Gasteiger partial charge is 0.131 e. The van der Waals surface area contributed by atoms with Crippen LogP contribution in [0.1, 0.15) is 11.1 Å². The van der Waals surface area contributed by atoms with Gasteiger partial charge in [0.05, 0.1) is 30.4 Å².